The van der Waals surface area contributed by atoms with E-state index in [1.54, 1.807) is 18.0 Å². The fraction of sp³-hybridized carbons (Fsp3) is 0.286. The summed E-state index contributed by atoms with van der Waals surface area (Å²) >= 11 is 5.28. The molecule has 0 unspecified atom stereocenters. The molecule has 0 saturated carbocycles. The first-order chi connectivity index (χ1) is 13.4. The van der Waals surface area contributed by atoms with Gasteiger partial charge < -0.3 is 9.47 Å². The zero-order chi connectivity index (χ0) is 20.1. The minimum Gasteiger partial charge on any atom is -0.496 e. The van der Waals surface area contributed by atoms with Crippen molar-refractivity contribution in [2.75, 3.05) is 7.11 Å². The lowest BCUT2D eigenvalue weighted by molar-refractivity contribution is 0.290. The standard InChI is InChI=1S/C21H24N4O2S/c1-21(2,3)16-9-11-17(12-10-16)27-14-19-23-24-20(28)25(19)22-13-15-7-5-6-8-18(15)26-4/h5-13H,14H2,1-4H3,(H,24,28)/b22-13-. The Labute approximate surface area is 169 Å². The van der Waals surface area contributed by atoms with Gasteiger partial charge in [-0.15, -0.1) is 0 Å². The van der Waals surface area contributed by atoms with Crippen molar-refractivity contribution in [1.29, 1.82) is 0 Å². The number of methoxy groups -OCH3 is 1. The molecule has 0 bridgehead atoms. The number of nitrogens with zero attached hydrogens (tertiary/aromatic N) is 3. The lowest BCUT2D eigenvalue weighted by Gasteiger charge is -2.19. The van der Waals surface area contributed by atoms with E-state index in [9.17, 15) is 0 Å². The van der Waals surface area contributed by atoms with Crippen molar-refractivity contribution < 1.29 is 9.47 Å². The van der Waals surface area contributed by atoms with Crippen LogP contribution < -0.4 is 9.47 Å². The lowest BCUT2D eigenvalue weighted by atomic mass is 9.87. The summed E-state index contributed by atoms with van der Waals surface area (Å²) in [6.45, 7) is 6.78. The Hall–Kier alpha value is -2.93. The zero-order valence-corrected chi connectivity index (χ0v) is 17.3. The van der Waals surface area contributed by atoms with Gasteiger partial charge in [-0.2, -0.15) is 14.9 Å². The second-order valence-corrected chi connectivity index (χ2v) is 7.69. The van der Waals surface area contributed by atoms with Gasteiger partial charge in [0.1, 0.15) is 18.1 Å². The highest BCUT2D eigenvalue weighted by atomic mass is 32.1. The lowest BCUT2D eigenvalue weighted by Crippen LogP contribution is -2.10. The van der Waals surface area contributed by atoms with Crippen LogP contribution in [0.1, 0.15) is 37.7 Å². The van der Waals surface area contributed by atoms with E-state index >= 15 is 0 Å². The molecule has 3 aromatic rings. The van der Waals surface area contributed by atoms with Crippen LogP contribution >= 0.6 is 12.2 Å². The number of rotatable bonds is 6. The van der Waals surface area contributed by atoms with Gasteiger partial charge in [-0.25, -0.2) is 5.10 Å². The summed E-state index contributed by atoms with van der Waals surface area (Å²) in [6.07, 6.45) is 1.69. The average molecular weight is 397 g/mol. The van der Waals surface area contributed by atoms with Crippen molar-refractivity contribution in [2.24, 2.45) is 5.10 Å². The van der Waals surface area contributed by atoms with E-state index < -0.39 is 0 Å². The molecule has 0 spiro atoms. The Kier molecular flexibility index (Phi) is 5.94. The second kappa shape index (κ2) is 8.39. The number of ether oxygens (including phenoxy) is 2. The van der Waals surface area contributed by atoms with E-state index in [1.807, 2.05) is 36.4 Å². The van der Waals surface area contributed by atoms with Crippen LogP contribution in [0.3, 0.4) is 0 Å². The van der Waals surface area contributed by atoms with Crippen LogP contribution in [0.25, 0.3) is 0 Å². The monoisotopic (exact) mass is 396 g/mol. The highest BCUT2D eigenvalue weighted by Gasteiger charge is 2.13. The van der Waals surface area contributed by atoms with Crippen molar-refractivity contribution in [3.05, 3.63) is 70.3 Å². The molecule has 0 radical (unpaired) electrons. The predicted molar refractivity (Wildman–Crippen MR) is 113 cm³/mol. The van der Waals surface area contributed by atoms with Gasteiger partial charge >= 0.3 is 0 Å². The number of hydrogen-bond acceptors (Lipinski definition) is 5. The molecule has 1 aromatic heterocycles. The van der Waals surface area contributed by atoms with Gasteiger partial charge in [0.25, 0.3) is 0 Å². The molecule has 1 heterocycles. The molecular weight excluding hydrogens is 372 g/mol. The van der Waals surface area contributed by atoms with Gasteiger partial charge in [0.15, 0.2) is 5.82 Å². The number of aromatic nitrogens is 3. The molecule has 2 aromatic carbocycles. The molecule has 28 heavy (non-hydrogen) atoms. The van der Waals surface area contributed by atoms with Gasteiger partial charge in [0.05, 0.1) is 13.3 Å². The Balaban J connectivity index is 1.74. The maximum absolute atomic E-state index is 5.86. The summed E-state index contributed by atoms with van der Waals surface area (Å²) in [5, 5.41) is 11.4. The first kappa shape index (κ1) is 19.8. The summed E-state index contributed by atoms with van der Waals surface area (Å²) < 4.78 is 13.1. The summed E-state index contributed by atoms with van der Waals surface area (Å²) in [6, 6.07) is 15.7. The third-order valence-corrected chi connectivity index (χ3v) is 4.52. The average Bonchev–Trinajstić information content (AvgIpc) is 3.04. The highest BCUT2D eigenvalue weighted by molar-refractivity contribution is 7.71. The summed E-state index contributed by atoms with van der Waals surface area (Å²) in [7, 11) is 1.63. The second-order valence-electron chi connectivity index (χ2n) is 7.31. The smallest absolute Gasteiger partial charge is 0.216 e. The van der Waals surface area contributed by atoms with Gasteiger partial charge in [-0.1, -0.05) is 45.0 Å². The molecule has 0 atom stereocenters. The van der Waals surface area contributed by atoms with E-state index in [0.29, 0.717) is 10.6 Å². The molecule has 3 rings (SSSR count). The van der Waals surface area contributed by atoms with Crippen LogP contribution in [0.4, 0.5) is 0 Å². The fourth-order valence-corrected chi connectivity index (χ4v) is 2.83. The minimum atomic E-state index is 0.105. The molecule has 146 valence electrons. The number of nitrogens with one attached hydrogen (secondary N) is 1. The normalized spacial score (nSPS) is 11.7. The van der Waals surface area contributed by atoms with E-state index in [0.717, 1.165) is 17.1 Å². The van der Waals surface area contributed by atoms with E-state index in [1.165, 1.54) is 5.56 Å². The van der Waals surface area contributed by atoms with Crippen molar-refractivity contribution in [1.82, 2.24) is 14.9 Å². The molecule has 0 saturated heterocycles. The SMILES string of the molecule is COc1ccccc1/C=N\n1c(COc2ccc(C(C)(C)C)cc2)n[nH]c1=S. The molecule has 0 aliphatic heterocycles. The number of hydrogen-bond donors (Lipinski definition) is 1. The Bertz CT molecular complexity index is 1010. The number of aromatic amines is 1. The minimum absolute atomic E-state index is 0.105. The van der Waals surface area contributed by atoms with Crippen LogP contribution in [-0.2, 0) is 12.0 Å². The first-order valence-corrected chi connectivity index (χ1v) is 9.36. The number of para-hydroxylation sites is 1. The molecule has 7 heteroatoms. The van der Waals surface area contributed by atoms with Gasteiger partial charge in [0.2, 0.25) is 4.77 Å². The van der Waals surface area contributed by atoms with E-state index in [2.05, 4.69) is 48.2 Å². The predicted octanol–water partition coefficient (Wildman–Crippen LogP) is 4.71. The largest absolute Gasteiger partial charge is 0.496 e. The van der Waals surface area contributed by atoms with Crippen LogP contribution in [-0.4, -0.2) is 28.2 Å². The van der Waals surface area contributed by atoms with Crippen molar-refractivity contribution >= 4 is 18.4 Å². The quantitative estimate of drug-likeness (QED) is 0.484. The Morgan fingerprint density at radius 1 is 1.14 bits per heavy atom. The summed E-state index contributed by atoms with van der Waals surface area (Å²) in [5.74, 6) is 2.08. The molecule has 0 amide bonds. The maximum Gasteiger partial charge on any atom is 0.216 e. The van der Waals surface area contributed by atoms with Crippen LogP contribution in [0, 0.1) is 4.77 Å². The number of H-pyrrole nitrogens is 1. The van der Waals surface area contributed by atoms with E-state index in [-0.39, 0.29) is 12.0 Å². The van der Waals surface area contributed by atoms with Crippen LogP contribution in [0.5, 0.6) is 11.5 Å². The van der Waals surface area contributed by atoms with Crippen molar-refractivity contribution in [3.63, 3.8) is 0 Å². The van der Waals surface area contributed by atoms with Gasteiger partial charge in [-0.3, -0.25) is 0 Å². The molecular formula is C21H24N4O2S. The molecule has 0 aliphatic rings. The van der Waals surface area contributed by atoms with Crippen molar-refractivity contribution in [3.8, 4) is 11.5 Å². The summed E-state index contributed by atoms with van der Waals surface area (Å²) in [5.41, 5.74) is 2.20. The topological polar surface area (TPSA) is 64.4 Å². The molecule has 0 aliphatic carbocycles. The first-order valence-electron chi connectivity index (χ1n) is 8.95. The van der Waals surface area contributed by atoms with Crippen LogP contribution in [0.15, 0.2) is 53.6 Å². The third kappa shape index (κ3) is 4.67. The van der Waals surface area contributed by atoms with Gasteiger partial charge in [-0.05, 0) is 47.5 Å². The Morgan fingerprint density at radius 2 is 1.86 bits per heavy atom. The number of benzene rings is 2. The molecule has 0 fully saturated rings. The molecule has 6 nitrogen and oxygen atoms in total. The Morgan fingerprint density at radius 3 is 2.54 bits per heavy atom. The third-order valence-electron chi connectivity index (χ3n) is 4.26. The van der Waals surface area contributed by atoms with Crippen molar-refractivity contribution in [2.45, 2.75) is 32.8 Å². The highest BCUT2D eigenvalue weighted by Crippen LogP contribution is 2.24. The molecule has 1 N–H and O–H groups in total. The maximum atomic E-state index is 5.86. The van der Waals surface area contributed by atoms with Gasteiger partial charge in [0, 0.05) is 5.56 Å². The zero-order valence-electron chi connectivity index (χ0n) is 16.5. The van der Waals surface area contributed by atoms with E-state index in [4.69, 9.17) is 21.7 Å². The van der Waals surface area contributed by atoms with Crippen LogP contribution in [0.2, 0.25) is 0 Å². The fourth-order valence-electron chi connectivity index (χ4n) is 2.63. The summed E-state index contributed by atoms with van der Waals surface area (Å²) in [4.78, 5) is 0.